The number of ether oxygens (including phenoxy) is 2. The summed E-state index contributed by atoms with van der Waals surface area (Å²) in [4.78, 5) is 52.7. The number of esters is 1. The number of carbonyl (C=O) groups excluding carboxylic acids is 3. The highest BCUT2D eigenvalue weighted by molar-refractivity contribution is 5.90. The highest BCUT2D eigenvalue weighted by Gasteiger charge is 2.41. The fourth-order valence-electron chi connectivity index (χ4n) is 5.77. The third-order valence-corrected chi connectivity index (χ3v) is 8.07. The molecular weight excluding hydrogens is 536 g/mol. The zero-order valence-electron chi connectivity index (χ0n) is 23.5. The van der Waals surface area contributed by atoms with E-state index in [4.69, 9.17) is 9.47 Å². The molecule has 2 aliphatic rings. The van der Waals surface area contributed by atoms with Crippen LogP contribution in [0.1, 0.15) is 48.8 Å². The van der Waals surface area contributed by atoms with Crippen LogP contribution in [-0.2, 0) is 30.5 Å². The molecule has 1 aliphatic heterocycles. The number of alkyl carbamates (subject to hydrolysis) is 1. The van der Waals surface area contributed by atoms with Crippen LogP contribution in [0.4, 0.5) is 4.79 Å². The van der Waals surface area contributed by atoms with Gasteiger partial charge in [0.25, 0.3) is 0 Å². The average Bonchev–Trinajstić information content (AvgIpc) is 3.32. The lowest BCUT2D eigenvalue weighted by atomic mass is 9.82. The summed E-state index contributed by atoms with van der Waals surface area (Å²) in [5.41, 5.74) is 3.93. The second-order valence-electron chi connectivity index (χ2n) is 11.1. The standard InChI is InChI=1S/C33H34N2O7/c1-33(31(38)39)16-9-17-35(21-33)30(37)28(18-29(36)41-19-22-10-3-2-4-11-22)34-32(40)42-20-27-25-14-7-5-12-23(25)24-13-6-8-15-26(24)27/h2-8,10-15,27-28H,9,16-21H2,1H3,(H,34,40)(H,38,39)/t28-,33?/m0/s1. The minimum Gasteiger partial charge on any atom is -0.481 e. The number of aliphatic carboxylic acids is 1. The lowest BCUT2D eigenvalue weighted by molar-refractivity contribution is -0.155. The van der Waals surface area contributed by atoms with E-state index in [2.05, 4.69) is 5.32 Å². The van der Waals surface area contributed by atoms with Crippen molar-refractivity contribution in [1.29, 1.82) is 0 Å². The summed E-state index contributed by atoms with van der Waals surface area (Å²) in [5.74, 6) is -2.39. The molecule has 42 heavy (non-hydrogen) atoms. The molecule has 0 bridgehead atoms. The van der Waals surface area contributed by atoms with E-state index in [-0.39, 0.29) is 25.7 Å². The summed E-state index contributed by atoms with van der Waals surface area (Å²) in [7, 11) is 0. The molecular formula is C33H34N2O7. The van der Waals surface area contributed by atoms with Crippen LogP contribution >= 0.6 is 0 Å². The Labute approximate surface area is 244 Å². The van der Waals surface area contributed by atoms with Gasteiger partial charge < -0.3 is 24.8 Å². The smallest absolute Gasteiger partial charge is 0.407 e. The van der Waals surface area contributed by atoms with Crippen LogP contribution in [0.3, 0.4) is 0 Å². The van der Waals surface area contributed by atoms with E-state index in [0.717, 1.165) is 27.8 Å². The quantitative estimate of drug-likeness (QED) is 0.356. The molecule has 0 aromatic heterocycles. The third kappa shape index (κ3) is 6.30. The molecule has 1 saturated heterocycles. The molecule has 1 aliphatic carbocycles. The normalized spacial score (nSPS) is 18.4. The molecule has 2 N–H and O–H groups in total. The minimum atomic E-state index is -1.28. The summed E-state index contributed by atoms with van der Waals surface area (Å²) in [6.45, 7) is 1.95. The van der Waals surface area contributed by atoms with Gasteiger partial charge in [0.05, 0.1) is 11.8 Å². The van der Waals surface area contributed by atoms with E-state index in [0.29, 0.717) is 19.4 Å². The monoisotopic (exact) mass is 570 g/mol. The van der Waals surface area contributed by atoms with Crippen molar-refractivity contribution in [2.24, 2.45) is 5.41 Å². The van der Waals surface area contributed by atoms with Crippen LogP contribution in [-0.4, -0.2) is 59.7 Å². The van der Waals surface area contributed by atoms with Crippen molar-refractivity contribution in [3.8, 4) is 11.1 Å². The fourth-order valence-corrected chi connectivity index (χ4v) is 5.77. The number of carbonyl (C=O) groups is 4. The molecule has 1 unspecified atom stereocenters. The van der Waals surface area contributed by atoms with Crippen molar-refractivity contribution >= 4 is 23.9 Å². The number of nitrogens with one attached hydrogen (secondary N) is 1. The van der Waals surface area contributed by atoms with E-state index in [1.54, 1.807) is 6.92 Å². The van der Waals surface area contributed by atoms with Crippen LogP contribution < -0.4 is 5.32 Å². The van der Waals surface area contributed by atoms with Gasteiger partial charge in [-0.25, -0.2) is 4.79 Å². The first-order chi connectivity index (χ1) is 20.2. The first-order valence-electron chi connectivity index (χ1n) is 14.1. The van der Waals surface area contributed by atoms with Gasteiger partial charge >= 0.3 is 18.0 Å². The van der Waals surface area contributed by atoms with Gasteiger partial charge in [-0.05, 0) is 47.6 Å². The average molecular weight is 571 g/mol. The highest BCUT2D eigenvalue weighted by Crippen LogP contribution is 2.44. The Morgan fingerprint density at radius 2 is 1.55 bits per heavy atom. The highest BCUT2D eigenvalue weighted by atomic mass is 16.5. The molecule has 218 valence electrons. The van der Waals surface area contributed by atoms with Gasteiger partial charge in [-0.2, -0.15) is 0 Å². The maximum atomic E-state index is 13.6. The predicted octanol–water partition coefficient (Wildman–Crippen LogP) is 4.74. The van der Waals surface area contributed by atoms with Crippen molar-refractivity contribution in [2.75, 3.05) is 19.7 Å². The van der Waals surface area contributed by atoms with E-state index in [1.165, 1.54) is 4.90 Å². The number of rotatable bonds is 9. The topological polar surface area (TPSA) is 122 Å². The maximum absolute atomic E-state index is 13.6. The SMILES string of the molecule is CC1(C(=O)O)CCCN(C(=O)[C@H](CC(=O)OCc2ccccc2)NC(=O)OCC2c3ccccc3-c3ccccc32)C1. The number of hydrogen-bond donors (Lipinski definition) is 2. The second kappa shape index (κ2) is 12.5. The molecule has 1 fully saturated rings. The van der Waals surface area contributed by atoms with E-state index in [1.807, 2.05) is 78.9 Å². The summed E-state index contributed by atoms with van der Waals surface area (Å²) in [6.07, 6.45) is -0.347. The van der Waals surface area contributed by atoms with Crippen LogP contribution in [0.5, 0.6) is 0 Å². The van der Waals surface area contributed by atoms with Gasteiger partial charge in [0.1, 0.15) is 19.3 Å². The van der Waals surface area contributed by atoms with Crippen LogP contribution in [0, 0.1) is 5.41 Å². The van der Waals surface area contributed by atoms with Crippen molar-refractivity contribution in [3.05, 3.63) is 95.6 Å². The molecule has 9 nitrogen and oxygen atoms in total. The van der Waals surface area contributed by atoms with Gasteiger partial charge in [0.15, 0.2) is 0 Å². The fraction of sp³-hybridized carbons (Fsp3) is 0.333. The first-order valence-corrected chi connectivity index (χ1v) is 14.1. The van der Waals surface area contributed by atoms with Crippen molar-refractivity contribution in [3.63, 3.8) is 0 Å². The number of piperidine rings is 1. The van der Waals surface area contributed by atoms with Crippen LogP contribution in [0.2, 0.25) is 0 Å². The van der Waals surface area contributed by atoms with Crippen molar-refractivity contribution in [2.45, 2.75) is 44.8 Å². The molecule has 0 radical (unpaired) electrons. The van der Waals surface area contributed by atoms with Gasteiger partial charge in [-0.1, -0.05) is 78.9 Å². The minimum absolute atomic E-state index is 0.0202. The molecule has 3 aromatic rings. The number of fused-ring (bicyclic) bond motifs is 3. The Morgan fingerprint density at radius 1 is 0.929 bits per heavy atom. The number of benzene rings is 3. The van der Waals surface area contributed by atoms with Crippen LogP contribution in [0.15, 0.2) is 78.9 Å². The number of likely N-dealkylation sites (tertiary alicyclic amines) is 1. The summed E-state index contributed by atoms with van der Waals surface area (Å²) >= 11 is 0. The summed E-state index contributed by atoms with van der Waals surface area (Å²) in [6, 6.07) is 23.7. The maximum Gasteiger partial charge on any atom is 0.407 e. The number of carboxylic acids is 1. The second-order valence-corrected chi connectivity index (χ2v) is 11.1. The lowest BCUT2D eigenvalue weighted by Gasteiger charge is -2.38. The summed E-state index contributed by atoms with van der Waals surface area (Å²) in [5, 5.41) is 12.3. The van der Waals surface area contributed by atoms with Gasteiger partial charge in [0.2, 0.25) is 5.91 Å². The Bertz CT molecular complexity index is 1430. The van der Waals surface area contributed by atoms with Gasteiger partial charge in [-0.3, -0.25) is 14.4 Å². The first kappa shape index (κ1) is 28.9. The largest absolute Gasteiger partial charge is 0.481 e. The molecule has 3 aromatic carbocycles. The molecule has 2 amide bonds. The molecule has 1 heterocycles. The molecule has 0 saturated carbocycles. The van der Waals surface area contributed by atoms with Crippen LogP contribution in [0.25, 0.3) is 11.1 Å². The number of amides is 2. The molecule has 0 spiro atoms. The Kier molecular flexibility index (Phi) is 8.56. The van der Waals surface area contributed by atoms with Gasteiger partial charge in [0, 0.05) is 19.0 Å². The number of carboxylic acid groups (broad SMARTS) is 1. The van der Waals surface area contributed by atoms with Gasteiger partial charge in [-0.15, -0.1) is 0 Å². The zero-order valence-corrected chi connectivity index (χ0v) is 23.5. The van der Waals surface area contributed by atoms with E-state index < -0.39 is 41.8 Å². The van der Waals surface area contributed by atoms with E-state index >= 15 is 0 Å². The Morgan fingerprint density at radius 3 is 2.19 bits per heavy atom. The molecule has 9 heteroatoms. The number of nitrogens with zero attached hydrogens (tertiary/aromatic N) is 1. The molecule has 2 atom stereocenters. The molecule has 5 rings (SSSR count). The van der Waals surface area contributed by atoms with E-state index in [9.17, 15) is 24.3 Å². The summed E-state index contributed by atoms with van der Waals surface area (Å²) < 4.78 is 11.0. The predicted molar refractivity (Wildman–Crippen MR) is 154 cm³/mol. The zero-order chi connectivity index (χ0) is 29.7. The Hall–Kier alpha value is -4.66. The Balaban J connectivity index is 1.27. The third-order valence-electron chi connectivity index (χ3n) is 8.07. The number of hydrogen-bond acceptors (Lipinski definition) is 6. The van der Waals surface area contributed by atoms with Crippen molar-refractivity contribution in [1.82, 2.24) is 10.2 Å². The van der Waals surface area contributed by atoms with Crippen molar-refractivity contribution < 1.29 is 33.8 Å². The lowest BCUT2D eigenvalue weighted by Crippen LogP contribution is -2.55.